The van der Waals surface area contributed by atoms with Gasteiger partial charge in [-0.1, -0.05) is 18.2 Å². The Morgan fingerprint density at radius 2 is 1.80 bits per heavy atom. The highest BCUT2D eigenvalue weighted by Gasteiger charge is 2.26. The highest BCUT2D eigenvalue weighted by atomic mass is 32.2. The molecule has 2 N–H and O–H groups in total. The number of hydrogen-bond acceptors (Lipinski definition) is 5. The molecule has 7 nitrogen and oxygen atoms in total. The molecule has 0 radical (unpaired) electrons. The fourth-order valence-electron chi connectivity index (χ4n) is 2.70. The van der Waals surface area contributed by atoms with Crippen molar-refractivity contribution in [1.82, 2.24) is 9.29 Å². The lowest BCUT2D eigenvalue weighted by atomic mass is 10.2. The first-order valence-corrected chi connectivity index (χ1v) is 9.44. The number of aromatic nitrogens is 1. The minimum atomic E-state index is -3.40. The van der Waals surface area contributed by atoms with Gasteiger partial charge in [-0.2, -0.15) is 4.31 Å². The van der Waals surface area contributed by atoms with Crippen molar-refractivity contribution < 1.29 is 18.3 Å². The fourth-order valence-corrected chi connectivity index (χ4v) is 4.22. The molecule has 0 unspecified atom stereocenters. The van der Waals surface area contributed by atoms with E-state index in [0.29, 0.717) is 30.3 Å². The zero-order valence-electron chi connectivity index (χ0n) is 13.6. The summed E-state index contributed by atoms with van der Waals surface area (Å²) in [6.45, 7) is 1.58. The smallest absolute Gasteiger partial charge is 0.354 e. The molecule has 1 aromatic carbocycles. The van der Waals surface area contributed by atoms with Crippen molar-refractivity contribution >= 4 is 21.8 Å². The van der Waals surface area contributed by atoms with Crippen molar-refractivity contribution in [1.29, 1.82) is 0 Å². The van der Waals surface area contributed by atoms with Crippen LogP contribution in [0, 0.1) is 0 Å². The maximum atomic E-state index is 12.5. The Kier molecular flexibility index (Phi) is 5.00. The number of sulfonamides is 1. The Morgan fingerprint density at radius 1 is 1.12 bits per heavy atom. The average Bonchev–Trinajstić information content (AvgIpc) is 3.16. The third kappa shape index (κ3) is 3.97. The van der Waals surface area contributed by atoms with Gasteiger partial charge in [-0.25, -0.2) is 18.2 Å². The summed E-state index contributed by atoms with van der Waals surface area (Å²) >= 11 is 0. The molecule has 0 spiro atoms. The van der Waals surface area contributed by atoms with Crippen LogP contribution < -0.4 is 5.32 Å². The van der Waals surface area contributed by atoms with Crippen LogP contribution in [0.2, 0.25) is 0 Å². The van der Waals surface area contributed by atoms with E-state index in [4.69, 9.17) is 5.11 Å². The Balaban J connectivity index is 1.67. The van der Waals surface area contributed by atoms with Gasteiger partial charge in [0.2, 0.25) is 10.0 Å². The lowest BCUT2D eigenvalue weighted by molar-refractivity contribution is 0.0690. The summed E-state index contributed by atoms with van der Waals surface area (Å²) < 4.78 is 26.5. The number of rotatable bonds is 6. The van der Waals surface area contributed by atoms with E-state index in [0.717, 1.165) is 18.4 Å². The molecule has 1 fully saturated rings. The molecular formula is C17H19N3O4S. The number of pyridine rings is 1. The molecule has 0 bridgehead atoms. The summed E-state index contributed by atoms with van der Waals surface area (Å²) in [5.41, 5.74) is 0.847. The third-order valence-electron chi connectivity index (χ3n) is 4.07. The van der Waals surface area contributed by atoms with Crippen molar-refractivity contribution in [3.05, 3.63) is 53.7 Å². The molecule has 0 saturated carbocycles. The van der Waals surface area contributed by atoms with Gasteiger partial charge < -0.3 is 10.4 Å². The quantitative estimate of drug-likeness (QED) is 0.818. The normalized spacial score (nSPS) is 15.2. The average molecular weight is 361 g/mol. The van der Waals surface area contributed by atoms with E-state index in [1.807, 2.05) is 0 Å². The molecule has 3 rings (SSSR count). The van der Waals surface area contributed by atoms with Crippen LogP contribution in [-0.4, -0.2) is 41.9 Å². The van der Waals surface area contributed by atoms with Crippen molar-refractivity contribution in [2.45, 2.75) is 24.3 Å². The third-order valence-corrected chi connectivity index (χ3v) is 5.98. The van der Waals surface area contributed by atoms with Crippen LogP contribution in [0.4, 0.5) is 5.82 Å². The monoisotopic (exact) mass is 361 g/mol. The minimum absolute atomic E-state index is 0.0305. The number of hydrogen-bond donors (Lipinski definition) is 2. The lowest BCUT2D eigenvalue weighted by Crippen LogP contribution is -2.27. The number of nitrogens with one attached hydrogen (secondary N) is 1. The zero-order valence-corrected chi connectivity index (χ0v) is 14.4. The van der Waals surface area contributed by atoms with E-state index in [1.54, 1.807) is 36.4 Å². The fraction of sp³-hybridized carbons (Fsp3) is 0.294. The molecule has 8 heteroatoms. The summed E-state index contributed by atoms with van der Waals surface area (Å²) in [6.07, 6.45) is 1.81. The van der Waals surface area contributed by atoms with Gasteiger partial charge >= 0.3 is 5.97 Å². The van der Waals surface area contributed by atoms with E-state index >= 15 is 0 Å². The lowest BCUT2D eigenvalue weighted by Gasteiger charge is -2.15. The highest BCUT2D eigenvalue weighted by molar-refractivity contribution is 7.89. The summed E-state index contributed by atoms with van der Waals surface area (Å²) in [7, 11) is -3.40. The molecule has 0 atom stereocenters. The van der Waals surface area contributed by atoms with Gasteiger partial charge in [-0.3, -0.25) is 0 Å². The van der Waals surface area contributed by atoms with E-state index in [2.05, 4.69) is 10.3 Å². The number of anilines is 1. The topological polar surface area (TPSA) is 99.6 Å². The van der Waals surface area contributed by atoms with E-state index in [9.17, 15) is 13.2 Å². The number of carboxylic acids is 1. The Bertz CT molecular complexity index is 860. The number of aromatic carboxylic acids is 1. The molecule has 2 aromatic rings. The molecule has 25 heavy (non-hydrogen) atoms. The first-order chi connectivity index (χ1) is 12.0. The van der Waals surface area contributed by atoms with E-state index < -0.39 is 16.0 Å². The molecule has 132 valence electrons. The van der Waals surface area contributed by atoms with Gasteiger partial charge in [-0.15, -0.1) is 0 Å². The number of carboxylic acid groups (broad SMARTS) is 1. The molecule has 1 aromatic heterocycles. The molecular weight excluding hydrogens is 342 g/mol. The first kappa shape index (κ1) is 17.4. The van der Waals surface area contributed by atoms with Crippen molar-refractivity contribution in [2.75, 3.05) is 18.4 Å². The summed E-state index contributed by atoms with van der Waals surface area (Å²) in [5, 5.41) is 12.0. The second kappa shape index (κ2) is 7.20. The predicted molar refractivity (Wildman–Crippen MR) is 93.0 cm³/mol. The molecule has 2 heterocycles. The van der Waals surface area contributed by atoms with Crippen LogP contribution in [0.5, 0.6) is 0 Å². The first-order valence-electron chi connectivity index (χ1n) is 8.00. The van der Waals surface area contributed by atoms with Crippen LogP contribution in [0.3, 0.4) is 0 Å². The number of nitrogens with zero attached hydrogens (tertiary/aromatic N) is 2. The van der Waals surface area contributed by atoms with Gasteiger partial charge in [0.15, 0.2) is 5.69 Å². The maximum absolute atomic E-state index is 12.5. The molecule has 0 amide bonds. The summed E-state index contributed by atoms with van der Waals surface area (Å²) in [4.78, 5) is 15.2. The Morgan fingerprint density at radius 3 is 2.44 bits per heavy atom. The minimum Gasteiger partial charge on any atom is -0.477 e. The Hall–Kier alpha value is -2.45. The predicted octanol–water partition coefficient (Wildman–Crippen LogP) is 2.18. The van der Waals surface area contributed by atoms with Gasteiger partial charge in [0.1, 0.15) is 5.82 Å². The maximum Gasteiger partial charge on any atom is 0.354 e. The molecule has 1 aliphatic rings. The van der Waals surface area contributed by atoms with Crippen LogP contribution in [-0.2, 0) is 16.6 Å². The van der Waals surface area contributed by atoms with Crippen LogP contribution in [0.1, 0.15) is 28.9 Å². The van der Waals surface area contributed by atoms with E-state index in [-0.39, 0.29) is 5.69 Å². The van der Waals surface area contributed by atoms with Gasteiger partial charge in [0, 0.05) is 19.6 Å². The van der Waals surface area contributed by atoms with Gasteiger partial charge in [0.25, 0.3) is 0 Å². The van der Waals surface area contributed by atoms with Gasteiger partial charge in [-0.05, 0) is 42.7 Å². The second-order valence-electron chi connectivity index (χ2n) is 5.82. The van der Waals surface area contributed by atoms with Crippen LogP contribution in [0.25, 0.3) is 0 Å². The Labute approximate surface area is 146 Å². The molecule has 1 saturated heterocycles. The highest BCUT2D eigenvalue weighted by Crippen LogP contribution is 2.21. The molecule has 1 aliphatic heterocycles. The van der Waals surface area contributed by atoms with Crippen molar-refractivity contribution in [2.24, 2.45) is 0 Å². The number of benzene rings is 1. The zero-order chi connectivity index (χ0) is 17.9. The molecule has 0 aliphatic carbocycles. The summed E-state index contributed by atoms with van der Waals surface area (Å²) in [5.74, 6) is -0.631. The summed E-state index contributed by atoms with van der Waals surface area (Å²) in [6, 6.07) is 11.4. The van der Waals surface area contributed by atoms with Gasteiger partial charge in [0.05, 0.1) is 4.90 Å². The number of carbonyl (C=O) groups is 1. The largest absolute Gasteiger partial charge is 0.477 e. The van der Waals surface area contributed by atoms with Crippen molar-refractivity contribution in [3.8, 4) is 0 Å². The van der Waals surface area contributed by atoms with Crippen LogP contribution >= 0.6 is 0 Å². The standard InChI is InChI=1S/C17H19N3O4S/c21-17(22)15-4-3-5-16(19-15)18-12-13-6-8-14(9-7-13)25(23,24)20-10-1-2-11-20/h3-9H,1-2,10-12H2,(H,18,19)(H,21,22). The SMILES string of the molecule is O=C(O)c1cccc(NCc2ccc(S(=O)(=O)N3CCCC3)cc2)n1. The van der Waals surface area contributed by atoms with E-state index in [1.165, 1.54) is 10.4 Å². The van der Waals surface area contributed by atoms with Crippen molar-refractivity contribution in [3.63, 3.8) is 0 Å². The second-order valence-corrected chi connectivity index (χ2v) is 7.76. The van der Waals surface area contributed by atoms with Crippen LogP contribution in [0.15, 0.2) is 47.4 Å².